The third kappa shape index (κ3) is 8.57. The number of aliphatic imine (C=N–C) groups is 1. The van der Waals surface area contributed by atoms with Crippen molar-refractivity contribution in [3.63, 3.8) is 0 Å². The maximum Gasteiger partial charge on any atom is 0.191 e. The summed E-state index contributed by atoms with van der Waals surface area (Å²) < 4.78 is 19.7. The Morgan fingerprint density at radius 3 is 2.17 bits per heavy atom. The third-order valence-electron chi connectivity index (χ3n) is 4.61. The van der Waals surface area contributed by atoms with Crippen LogP contribution < -0.4 is 15.4 Å². The molecule has 0 amide bonds. The van der Waals surface area contributed by atoms with Crippen LogP contribution in [-0.4, -0.2) is 44.1 Å². The molecule has 5 nitrogen and oxygen atoms in total. The Balaban J connectivity index is 0.00000420. The van der Waals surface area contributed by atoms with Gasteiger partial charge in [0.2, 0.25) is 0 Å². The first-order valence-electron chi connectivity index (χ1n) is 9.78. The van der Waals surface area contributed by atoms with E-state index >= 15 is 0 Å². The van der Waals surface area contributed by atoms with Crippen molar-refractivity contribution >= 4 is 29.9 Å². The van der Waals surface area contributed by atoms with Crippen LogP contribution in [-0.2, 0) is 13.1 Å². The zero-order valence-electron chi connectivity index (χ0n) is 17.5. The van der Waals surface area contributed by atoms with Crippen LogP contribution in [0.4, 0.5) is 4.39 Å². The highest BCUT2D eigenvalue weighted by Gasteiger charge is 2.07. The summed E-state index contributed by atoms with van der Waals surface area (Å²) in [7, 11) is 1.70. The third-order valence-corrected chi connectivity index (χ3v) is 4.61. The van der Waals surface area contributed by atoms with E-state index in [9.17, 15) is 4.39 Å². The molecule has 7 heteroatoms. The lowest BCUT2D eigenvalue weighted by molar-refractivity contribution is 0.221. The Kier molecular flexibility index (Phi) is 12.3. The number of ether oxygens (including phenoxy) is 1. The van der Waals surface area contributed by atoms with Crippen molar-refractivity contribution in [3.8, 4) is 5.75 Å². The molecule has 160 valence electrons. The molecule has 29 heavy (non-hydrogen) atoms. The summed E-state index contributed by atoms with van der Waals surface area (Å²) in [6, 6.07) is 14.7. The van der Waals surface area contributed by atoms with Gasteiger partial charge in [0.25, 0.3) is 0 Å². The fraction of sp³-hybridized carbons (Fsp3) is 0.409. The Morgan fingerprint density at radius 1 is 0.966 bits per heavy atom. The number of nitrogens with zero attached hydrogens (tertiary/aromatic N) is 2. The smallest absolute Gasteiger partial charge is 0.191 e. The minimum Gasteiger partial charge on any atom is -0.492 e. The van der Waals surface area contributed by atoms with Gasteiger partial charge in [-0.25, -0.2) is 4.39 Å². The molecule has 0 bridgehead atoms. The maximum absolute atomic E-state index is 13.8. The van der Waals surface area contributed by atoms with E-state index in [-0.39, 0.29) is 29.8 Å². The molecular weight excluding hydrogens is 482 g/mol. The average Bonchev–Trinajstić information content (AvgIpc) is 2.73. The van der Waals surface area contributed by atoms with E-state index in [4.69, 9.17) is 4.74 Å². The molecule has 0 radical (unpaired) electrons. The maximum atomic E-state index is 13.8. The fourth-order valence-corrected chi connectivity index (χ4v) is 2.84. The Hall–Kier alpha value is -1.87. The van der Waals surface area contributed by atoms with Crippen LogP contribution >= 0.6 is 24.0 Å². The normalized spacial score (nSPS) is 11.1. The van der Waals surface area contributed by atoms with Crippen molar-refractivity contribution in [1.82, 2.24) is 15.5 Å². The van der Waals surface area contributed by atoms with Gasteiger partial charge in [0.15, 0.2) is 5.96 Å². The first-order chi connectivity index (χ1) is 13.7. The lowest BCUT2D eigenvalue weighted by Gasteiger charge is -2.19. The van der Waals surface area contributed by atoms with Crippen LogP contribution in [0, 0.1) is 5.82 Å². The first-order valence-corrected chi connectivity index (χ1v) is 9.78. The van der Waals surface area contributed by atoms with Crippen LogP contribution in [0.5, 0.6) is 5.75 Å². The molecule has 0 aliphatic heterocycles. The van der Waals surface area contributed by atoms with E-state index in [1.54, 1.807) is 19.2 Å². The quantitative estimate of drug-likeness (QED) is 0.286. The molecule has 0 atom stereocenters. The molecule has 0 aromatic heterocycles. The second-order valence-electron chi connectivity index (χ2n) is 6.35. The summed E-state index contributed by atoms with van der Waals surface area (Å²) in [6.45, 7) is 8.84. The lowest BCUT2D eigenvalue weighted by atomic mass is 10.2. The standard InChI is InChI=1S/C22H31FN4O.HI/c1-4-27(5-2)14-15-28-21-13-9-7-11-19(21)17-26-22(24-3)25-16-18-10-6-8-12-20(18)23;/h6-13H,4-5,14-17H2,1-3H3,(H2,24,25,26);1H. The van der Waals surface area contributed by atoms with Gasteiger partial charge in [-0.2, -0.15) is 0 Å². The van der Waals surface area contributed by atoms with Gasteiger partial charge in [0, 0.05) is 37.8 Å². The van der Waals surface area contributed by atoms with Gasteiger partial charge in [-0.1, -0.05) is 50.2 Å². The number of rotatable bonds is 10. The highest BCUT2D eigenvalue weighted by atomic mass is 127. The predicted molar refractivity (Wildman–Crippen MR) is 129 cm³/mol. The molecular formula is C22H32FIN4O. The molecule has 0 fully saturated rings. The van der Waals surface area contributed by atoms with Crippen molar-refractivity contribution in [2.75, 3.05) is 33.3 Å². The van der Waals surface area contributed by atoms with Crippen molar-refractivity contribution in [2.45, 2.75) is 26.9 Å². The summed E-state index contributed by atoms with van der Waals surface area (Å²) in [5.74, 6) is 1.25. The zero-order chi connectivity index (χ0) is 20.2. The predicted octanol–water partition coefficient (Wildman–Crippen LogP) is 4.03. The second kappa shape index (κ2) is 14.2. The summed E-state index contributed by atoms with van der Waals surface area (Å²) in [5, 5.41) is 6.40. The molecule has 0 heterocycles. The number of guanidine groups is 1. The van der Waals surface area contributed by atoms with Gasteiger partial charge in [-0.05, 0) is 25.2 Å². The fourth-order valence-electron chi connectivity index (χ4n) is 2.84. The van der Waals surface area contributed by atoms with Crippen molar-refractivity contribution in [1.29, 1.82) is 0 Å². The van der Waals surface area contributed by atoms with E-state index in [1.807, 2.05) is 30.3 Å². The number of nitrogens with one attached hydrogen (secondary N) is 2. The Labute approximate surface area is 190 Å². The lowest BCUT2D eigenvalue weighted by Crippen LogP contribution is -2.36. The topological polar surface area (TPSA) is 48.9 Å². The molecule has 0 aliphatic carbocycles. The SMILES string of the molecule is CCN(CC)CCOc1ccccc1CNC(=NC)NCc1ccccc1F.I. The number of benzene rings is 2. The molecule has 0 unspecified atom stereocenters. The van der Waals surface area contributed by atoms with E-state index < -0.39 is 0 Å². The first kappa shape index (κ1) is 25.2. The zero-order valence-corrected chi connectivity index (χ0v) is 19.8. The van der Waals surface area contributed by atoms with Crippen molar-refractivity contribution in [3.05, 3.63) is 65.5 Å². The molecule has 2 rings (SSSR count). The summed E-state index contributed by atoms with van der Waals surface area (Å²) >= 11 is 0. The number of hydrogen-bond acceptors (Lipinski definition) is 3. The molecule has 0 saturated carbocycles. The van der Waals surface area contributed by atoms with Crippen molar-refractivity contribution in [2.24, 2.45) is 4.99 Å². The largest absolute Gasteiger partial charge is 0.492 e. The van der Waals surface area contributed by atoms with Gasteiger partial charge in [-0.3, -0.25) is 4.99 Å². The molecule has 2 aromatic carbocycles. The minimum atomic E-state index is -0.225. The van der Waals surface area contributed by atoms with Gasteiger partial charge < -0.3 is 20.3 Å². The summed E-state index contributed by atoms with van der Waals surface area (Å²) in [6.07, 6.45) is 0. The van der Waals surface area contributed by atoms with Crippen LogP contribution in [0.2, 0.25) is 0 Å². The van der Waals surface area contributed by atoms with Gasteiger partial charge in [0.05, 0.1) is 0 Å². The summed E-state index contributed by atoms with van der Waals surface area (Å²) in [5.41, 5.74) is 1.65. The Bertz CT molecular complexity index is 753. The molecule has 0 spiro atoms. The molecule has 2 aromatic rings. The van der Waals surface area contributed by atoms with E-state index in [1.165, 1.54) is 6.07 Å². The van der Waals surface area contributed by atoms with Gasteiger partial charge >= 0.3 is 0 Å². The van der Waals surface area contributed by atoms with E-state index in [0.29, 0.717) is 31.2 Å². The number of likely N-dealkylation sites (N-methyl/N-ethyl adjacent to an activating group) is 1. The number of halogens is 2. The van der Waals surface area contributed by atoms with E-state index in [2.05, 4.69) is 34.4 Å². The highest BCUT2D eigenvalue weighted by Crippen LogP contribution is 2.17. The number of para-hydroxylation sites is 1. The van der Waals surface area contributed by atoms with Gasteiger partial charge in [-0.15, -0.1) is 24.0 Å². The number of hydrogen-bond donors (Lipinski definition) is 2. The van der Waals surface area contributed by atoms with Crippen molar-refractivity contribution < 1.29 is 9.13 Å². The van der Waals surface area contributed by atoms with E-state index in [0.717, 1.165) is 30.9 Å². The highest BCUT2D eigenvalue weighted by molar-refractivity contribution is 14.0. The monoisotopic (exact) mass is 514 g/mol. The second-order valence-corrected chi connectivity index (χ2v) is 6.35. The minimum absolute atomic E-state index is 0. The molecule has 0 aliphatic rings. The average molecular weight is 514 g/mol. The molecule has 2 N–H and O–H groups in total. The van der Waals surface area contributed by atoms with Gasteiger partial charge in [0.1, 0.15) is 18.2 Å². The Morgan fingerprint density at radius 2 is 1.55 bits per heavy atom. The van der Waals surface area contributed by atoms with Crippen LogP contribution in [0.3, 0.4) is 0 Å². The van der Waals surface area contributed by atoms with Crippen LogP contribution in [0.25, 0.3) is 0 Å². The van der Waals surface area contributed by atoms with Crippen LogP contribution in [0.15, 0.2) is 53.5 Å². The summed E-state index contributed by atoms with van der Waals surface area (Å²) in [4.78, 5) is 6.54. The van der Waals surface area contributed by atoms with Crippen LogP contribution in [0.1, 0.15) is 25.0 Å². The molecule has 0 saturated heterocycles.